The lowest BCUT2D eigenvalue weighted by Crippen LogP contribution is -2.11. The van der Waals surface area contributed by atoms with Gasteiger partial charge in [0.2, 0.25) is 0 Å². The van der Waals surface area contributed by atoms with Gasteiger partial charge in [-0.05, 0) is 17.0 Å². The summed E-state index contributed by atoms with van der Waals surface area (Å²) in [5.74, 6) is 0.882. The summed E-state index contributed by atoms with van der Waals surface area (Å²) in [4.78, 5) is 11.4. The summed E-state index contributed by atoms with van der Waals surface area (Å²) in [5.41, 5.74) is 2.44. The van der Waals surface area contributed by atoms with Crippen LogP contribution >= 0.6 is 0 Å². The highest BCUT2D eigenvalue weighted by Crippen LogP contribution is 2.21. The van der Waals surface area contributed by atoms with Crippen LogP contribution in [-0.4, -0.2) is 15.0 Å². The van der Waals surface area contributed by atoms with E-state index in [1.54, 1.807) is 12.5 Å². The van der Waals surface area contributed by atoms with Crippen LogP contribution in [0.4, 0.5) is 5.82 Å². The number of aromatic amines is 1. The maximum atomic E-state index is 4.40. The predicted octanol–water partition coefficient (Wildman–Crippen LogP) is 2.71. The van der Waals surface area contributed by atoms with E-state index in [9.17, 15) is 0 Å². The average molecular weight is 230 g/mol. The number of H-pyrrole nitrogens is 1. The average Bonchev–Trinajstić information content (AvgIpc) is 2.78. The molecule has 4 nitrogen and oxygen atoms in total. The number of nitrogens with zero attached hydrogens (tertiary/aromatic N) is 2. The smallest absolute Gasteiger partial charge is 0.126 e. The summed E-state index contributed by atoms with van der Waals surface area (Å²) in [6.45, 7) is 7.26. The number of pyridine rings is 1. The fourth-order valence-electron chi connectivity index (χ4n) is 1.51. The Bertz CT molecular complexity index is 451. The third-order valence-electron chi connectivity index (χ3n) is 2.64. The van der Waals surface area contributed by atoms with E-state index in [-0.39, 0.29) is 5.41 Å². The normalized spacial score (nSPS) is 11.5. The van der Waals surface area contributed by atoms with Gasteiger partial charge in [0, 0.05) is 12.4 Å². The summed E-state index contributed by atoms with van der Waals surface area (Å²) >= 11 is 0. The van der Waals surface area contributed by atoms with E-state index in [0.29, 0.717) is 6.54 Å². The lowest BCUT2D eigenvalue weighted by molar-refractivity contribution is 0.587. The first-order valence-electron chi connectivity index (χ1n) is 5.73. The predicted molar refractivity (Wildman–Crippen MR) is 68.9 cm³/mol. The van der Waals surface area contributed by atoms with Crippen LogP contribution in [0.5, 0.6) is 0 Å². The molecule has 0 saturated carbocycles. The molecule has 0 bridgehead atoms. The van der Waals surface area contributed by atoms with Gasteiger partial charge >= 0.3 is 0 Å². The van der Waals surface area contributed by atoms with Gasteiger partial charge in [-0.2, -0.15) is 0 Å². The molecule has 0 saturated heterocycles. The van der Waals surface area contributed by atoms with E-state index in [1.807, 2.05) is 12.3 Å². The van der Waals surface area contributed by atoms with E-state index < -0.39 is 0 Å². The van der Waals surface area contributed by atoms with Crippen molar-refractivity contribution in [3.8, 4) is 0 Å². The maximum absolute atomic E-state index is 4.40. The Kier molecular flexibility index (Phi) is 3.13. The van der Waals surface area contributed by atoms with Crippen LogP contribution in [0, 0.1) is 0 Å². The number of aromatic nitrogens is 3. The van der Waals surface area contributed by atoms with Gasteiger partial charge < -0.3 is 10.3 Å². The van der Waals surface area contributed by atoms with Crippen LogP contribution < -0.4 is 5.32 Å². The van der Waals surface area contributed by atoms with Crippen molar-refractivity contribution in [3.05, 3.63) is 42.1 Å². The molecule has 4 heteroatoms. The molecule has 0 aliphatic carbocycles. The first kappa shape index (κ1) is 11.6. The monoisotopic (exact) mass is 230 g/mol. The summed E-state index contributed by atoms with van der Waals surface area (Å²) in [6, 6.07) is 4.12. The van der Waals surface area contributed by atoms with Crippen LogP contribution in [0.2, 0.25) is 0 Å². The van der Waals surface area contributed by atoms with Crippen LogP contribution in [-0.2, 0) is 12.0 Å². The van der Waals surface area contributed by atoms with Crippen molar-refractivity contribution < 1.29 is 0 Å². The fraction of sp³-hybridized carbons (Fsp3) is 0.385. The second-order valence-electron chi connectivity index (χ2n) is 5.11. The number of anilines is 1. The topological polar surface area (TPSA) is 53.6 Å². The van der Waals surface area contributed by atoms with E-state index in [4.69, 9.17) is 0 Å². The molecule has 0 atom stereocenters. The van der Waals surface area contributed by atoms with Crippen molar-refractivity contribution >= 4 is 5.82 Å². The minimum atomic E-state index is 0.148. The van der Waals surface area contributed by atoms with Crippen molar-refractivity contribution in [2.75, 3.05) is 5.32 Å². The number of hydrogen-bond donors (Lipinski definition) is 2. The zero-order valence-electron chi connectivity index (χ0n) is 10.5. The molecule has 2 aromatic rings. The molecule has 2 N–H and O–H groups in total. The molecule has 0 amide bonds. The molecule has 2 aromatic heterocycles. The summed E-state index contributed by atoms with van der Waals surface area (Å²) < 4.78 is 0. The van der Waals surface area contributed by atoms with Gasteiger partial charge in [0.1, 0.15) is 5.82 Å². The fourth-order valence-corrected chi connectivity index (χ4v) is 1.51. The third-order valence-corrected chi connectivity index (χ3v) is 2.64. The maximum Gasteiger partial charge on any atom is 0.126 e. The molecule has 0 aromatic carbocycles. The van der Waals surface area contributed by atoms with Crippen molar-refractivity contribution in [2.45, 2.75) is 32.7 Å². The van der Waals surface area contributed by atoms with Gasteiger partial charge in [0.15, 0.2) is 0 Å². The Morgan fingerprint density at radius 2 is 2.06 bits per heavy atom. The molecule has 2 rings (SSSR count). The SMILES string of the molecule is CC(C)(C)c1ccc(NCc2cnc[nH]2)nc1. The van der Waals surface area contributed by atoms with E-state index >= 15 is 0 Å². The van der Waals surface area contributed by atoms with Crippen molar-refractivity contribution in [1.29, 1.82) is 0 Å². The summed E-state index contributed by atoms with van der Waals surface area (Å²) in [6.07, 6.45) is 5.40. The number of nitrogens with one attached hydrogen (secondary N) is 2. The highest BCUT2D eigenvalue weighted by atomic mass is 15.0. The minimum absolute atomic E-state index is 0.148. The lowest BCUT2D eigenvalue weighted by atomic mass is 9.88. The van der Waals surface area contributed by atoms with Crippen LogP contribution in [0.3, 0.4) is 0 Å². The first-order chi connectivity index (χ1) is 8.05. The number of rotatable bonds is 3. The Morgan fingerprint density at radius 1 is 1.24 bits per heavy atom. The highest BCUT2D eigenvalue weighted by molar-refractivity contribution is 5.37. The third kappa shape index (κ3) is 3.06. The summed E-state index contributed by atoms with van der Waals surface area (Å²) in [7, 11) is 0. The Balaban J connectivity index is 1.99. The molecule has 0 fully saturated rings. The molecular formula is C13H18N4. The van der Waals surface area contributed by atoms with Gasteiger partial charge in [-0.1, -0.05) is 26.8 Å². The van der Waals surface area contributed by atoms with Crippen molar-refractivity contribution in [2.24, 2.45) is 0 Å². The zero-order chi connectivity index (χ0) is 12.3. The van der Waals surface area contributed by atoms with E-state index in [2.05, 4.69) is 47.1 Å². The zero-order valence-corrected chi connectivity index (χ0v) is 10.5. The molecule has 2 heterocycles. The highest BCUT2D eigenvalue weighted by Gasteiger charge is 2.13. The molecule has 90 valence electrons. The second-order valence-corrected chi connectivity index (χ2v) is 5.11. The molecule has 0 aliphatic rings. The Labute approximate surface area is 102 Å². The summed E-state index contributed by atoms with van der Waals surface area (Å²) in [5, 5.41) is 3.24. The van der Waals surface area contributed by atoms with Gasteiger partial charge in [0.05, 0.1) is 18.6 Å². The minimum Gasteiger partial charge on any atom is -0.364 e. The van der Waals surface area contributed by atoms with Gasteiger partial charge in [-0.15, -0.1) is 0 Å². The van der Waals surface area contributed by atoms with Gasteiger partial charge in [-0.25, -0.2) is 9.97 Å². The van der Waals surface area contributed by atoms with E-state index in [0.717, 1.165) is 11.5 Å². The number of imidazole rings is 1. The quantitative estimate of drug-likeness (QED) is 0.852. The van der Waals surface area contributed by atoms with Crippen molar-refractivity contribution in [1.82, 2.24) is 15.0 Å². The standard InChI is InChI=1S/C13H18N4/c1-13(2,3)10-4-5-12(15-6-10)16-8-11-7-14-9-17-11/h4-7,9H,8H2,1-3H3,(H,14,17)(H,15,16). The van der Waals surface area contributed by atoms with Crippen molar-refractivity contribution in [3.63, 3.8) is 0 Å². The first-order valence-corrected chi connectivity index (χ1v) is 5.73. The molecule has 0 radical (unpaired) electrons. The van der Waals surface area contributed by atoms with Gasteiger partial charge in [-0.3, -0.25) is 0 Å². The Morgan fingerprint density at radius 3 is 2.59 bits per heavy atom. The molecule has 0 unspecified atom stereocenters. The van der Waals surface area contributed by atoms with Crippen LogP contribution in [0.1, 0.15) is 32.0 Å². The van der Waals surface area contributed by atoms with E-state index in [1.165, 1.54) is 5.56 Å². The molecule has 0 aliphatic heterocycles. The molecule has 17 heavy (non-hydrogen) atoms. The second kappa shape index (κ2) is 4.57. The Hall–Kier alpha value is -1.84. The van der Waals surface area contributed by atoms with Crippen LogP contribution in [0.25, 0.3) is 0 Å². The largest absolute Gasteiger partial charge is 0.364 e. The molecule has 0 spiro atoms. The van der Waals surface area contributed by atoms with Gasteiger partial charge in [0.25, 0.3) is 0 Å². The van der Waals surface area contributed by atoms with Crippen LogP contribution in [0.15, 0.2) is 30.9 Å². The number of hydrogen-bond acceptors (Lipinski definition) is 3. The lowest BCUT2D eigenvalue weighted by Gasteiger charge is -2.18. The molecular weight excluding hydrogens is 212 g/mol.